The number of nitrogens with one attached hydrogen (secondary N) is 2. The van der Waals surface area contributed by atoms with Gasteiger partial charge in [0.2, 0.25) is 0 Å². The smallest absolute Gasteiger partial charge is 0.291 e. The van der Waals surface area contributed by atoms with E-state index in [1.807, 2.05) is 24.3 Å². The Morgan fingerprint density at radius 2 is 1.14 bits per heavy atom. The number of hydrogen-bond donors (Lipinski definition) is 5. The van der Waals surface area contributed by atoms with Gasteiger partial charge in [-0.05, 0) is 67.8 Å². The number of ether oxygens (including phenoxy) is 2. The van der Waals surface area contributed by atoms with Gasteiger partial charge in [-0.3, -0.25) is 10.8 Å². The zero-order chi connectivity index (χ0) is 21.6. The Kier molecular flexibility index (Phi) is 10.0. The van der Waals surface area contributed by atoms with E-state index in [-0.39, 0.29) is 11.7 Å². The number of hydrogen-bond acceptors (Lipinski definition) is 6. The van der Waals surface area contributed by atoms with Crippen LogP contribution in [0.2, 0.25) is 0 Å². The minimum Gasteiger partial charge on any atom is -0.494 e. The van der Waals surface area contributed by atoms with E-state index in [2.05, 4.69) is 0 Å². The third-order valence-corrected chi connectivity index (χ3v) is 3.66. The van der Waals surface area contributed by atoms with E-state index in [0.29, 0.717) is 24.3 Å². The van der Waals surface area contributed by atoms with Gasteiger partial charge in [-0.25, -0.2) is 0 Å². The highest BCUT2D eigenvalue weighted by atomic mass is 16.9. The maximum atomic E-state index is 8.36. The van der Waals surface area contributed by atoms with Crippen LogP contribution in [0.3, 0.4) is 0 Å². The molecule has 0 atom stereocenters. The third-order valence-electron chi connectivity index (χ3n) is 3.66. The van der Waals surface area contributed by atoms with Crippen molar-refractivity contribution >= 4 is 11.7 Å². The first-order chi connectivity index (χ1) is 13.8. The van der Waals surface area contributed by atoms with Gasteiger partial charge < -0.3 is 26.1 Å². The predicted octanol–water partition coefficient (Wildman–Crippen LogP) is 2.54. The Labute approximate surface area is 168 Å². The van der Waals surface area contributed by atoms with E-state index in [4.69, 9.17) is 47.1 Å². The molecule has 0 aliphatic carbocycles. The fourth-order valence-corrected chi connectivity index (χ4v) is 2.22. The van der Waals surface area contributed by atoms with Gasteiger partial charge in [0.05, 0.1) is 13.2 Å². The lowest BCUT2D eigenvalue weighted by Gasteiger charge is -2.08. The van der Waals surface area contributed by atoms with Gasteiger partial charge in [-0.2, -0.15) is 0 Å². The van der Waals surface area contributed by atoms with Gasteiger partial charge in [-0.15, -0.1) is 10.1 Å². The first kappa shape index (κ1) is 23.2. The molecule has 10 nitrogen and oxygen atoms in total. The second-order valence-corrected chi connectivity index (χ2v) is 5.87. The topological polar surface area (TPSA) is 182 Å². The minimum absolute atomic E-state index is 0.0579. The lowest BCUT2D eigenvalue weighted by atomic mass is 10.2. The Morgan fingerprint density at radius 1 is 0.828 bits per heavy atom. The molecule has 2 rings (SSSR count). The fraction of sp³-hybridized carbons (Fsp3) is 0.263. The molecule has 7 N–H and O–H groups in total. The van der Waals surface area contributed by atoms with Crippen LogP contribution in [0, 0.1) is 20.9 Å². The van der Waals surface area contributed by atoms with Gasteiger partial charge in [0.25, 0.3) is 5.09 Å². The predicted molar refractivity (Wildman–Crippen MR) is 109 cm³/mol. The van der Waals surface area contributed by atoms with Crippen LogP contribution in [0.25, 0.3) is 0 Å². The molecule has 0 amide bonds. The average molecular weight is 403 g/mol. The van der Waals surface area contributed by atoms with E-state index in [1.54, 1.807) is 24.3 Å². The third kappa shape index (κ3) is 10.2. The minimum atomic E-state index is -1.50. The number of unbranched alkanes of at least 4 members (excludes halogenated alkanes) is 2. The zero-order valence-corrected chi connectivity index (χ0v) is 15.8. The van der Waals surface area contributed by atoms with Crippen LogP contribution in [0.5, 0.6) is 11.5 Å². The van der Waals surface area contributed by atoms with E-state index >= 15 is 0 Å². The summed E-state index contributed by atoms with van der Waals surface area (Å²) < 4.78 is 11.3. The monoisotopic (exact) mass is 403 g/mol. The molecule has 0 aromatic heterocycles. The molecule has 0 saturated heterocycles. The van der Waals surface area contributed by atoms with Crippen molar-refractivity contribution < 1.29 is 19.8 Å². The van der Waals surface area contributed by atoms with Crippen molar-refractivity contribution in [1.82, 2.24) is 0 Å². The van der Waals surface area contributed by atoms with Crippen molar-refractivity contribution in [3.63, 3.8) is 0 Å². The quantitative estimate of drug-likeness (QED) is 0.133. The number of nitrogen functional groups attached to an aromatic ring is 2. The van der Waals surface area contributed by atoms with Crippen LogP contribution in [0.15, 0.2) is 48.5 Å². The summed E-state index contributed by atoms with van der Waals surface area (Å²) in [5.41, 5.74) is 12.2. The van der Waals surface area contributed by atoms with E-state index in [9.17, 15) is 0 Å². The normalized spacial score (nSPS) is 9.66. The van der Waals surface area contributed by atoms with Crippen molar-refractivity contribution in [2.75, 3.05) is 13.2 Å². The van der Waals surface area contributed by atoms with Gasteiger partial charge >= 0.3 is 0 Å². The van der Waals surface area contributed by atoms with Crippen LogP contribution < -0.4 is 20.9 Å². The van der Waals surface area contributed by atoms with Crippen LogP contribution in [0.1, 0.15) is 30.4 Å². The van der Waals surface area contributed by atoms with Crippen molar-refractivity contribution in [2.24, 2.45) is 11.5 Å². The van der Waals surface area contributed by atoms with Crippen molar-refractivity contribution in [2.45, 2.75) is 19.3 Å². The molecule has 0 radical (unpaired) electrons. The maximum Gasteiger partial charge on any atom is 0.291 e. The summed E-state index contributed by atoms with van der Waals surface area (Å²) in [5, 5.41) is 28.3. The van der Waals surface area contributed by atoms with Crippen molar-refractivity contribution in [1.29, 1.82) is 10.8 Å². The number of benzene rings is 2. The van der Waals surface area contributed by atoms with Gasteiger partial charge in [0.15, 0.2) is 0 Å². The molecule has 0 aliphatic rings. The fourth-order valence-electron chi connectivity index (χ4n) is 2.22. The standard InChI is InChI=1S/C19H24N4O2.HNO3/c20-18(21)14-4-8-16(9-5-14)24-12-2-1-3-13-25-17-10-6-15(7-11-17)19(22)23;2-1(3)4/h4-11H,1-3,12-13H2,(H3,20,21)(H3,22,23);(H,2,3,4). The lowest BCUT2D eigenvalue weighted by Crippen LogP contribution is -2.10. The molecule has 0 saturated carbocycles. The summed E-state index contributed by atoms with van der Waals surface area (Å²) in [4.78, 5) is 8.36. The SMILES string of the molecule is N=C(N)c1ccc(OCCCCCOc2ccc(C(=N)N)cc2)cc1.O=[N+]([O-])O. The van der Waals surface area contributed by atoms with E-state index in [1.165, 1.54) is 0 Å². The molecular weight excluding hydrogens is 378 g/mol. The molecule has 0 fully saturated rings. The number of nitrogens with zero attached hydrogens (tertiary/aromatic N) is 1. The average Bonchev–Trinajstić information content (AvgIpc) is 2.67. The first-order valence-corrected chi connectivity index (χ1v) is 8.77. The van der Waals surface area contributed by atoms with Gasteiger partial charge in [-0.1, -0.05) is 0 Å². The molecular formula is C19H25N5O5. The molecule has 0 spiro atoms. The highest BCUT2D eigenvalue weighted by molar-refractivity contribution is 5.95. The molecule has 2 aromatic carbocycles. The Bertz CT molecular complexity index is 728. The summed E-state index contributed by atoms with van der Waals surface area (Å²) in [7, 11) is 0. The van der Waals surface area contributed by atoms with Gasteiger partial charge in [0, 0.05) is 11.1 Å². The Hall–Kier alpha value is -3.82. The highest BCUT2D eigenvalue weighted by Crippen LogP contribution is 2.14. The summed E-state index contributed by atoms with van der Waals surface area (Å²) in [6.45, 7) is 1.29. The summed E-state index contributed by atoms with van der Waals surface area (Å²) in [6.07, 6.45) is 2.90. The molecule has 156 valence electrons. The highest BCUT2D eigenvalue weighted by Gasteiger charge is 1.99. The molecule has 0 aliphatic heterocycles. The molecule has 0 bridgehead atoms. The number of nitrogens with two attached hydrogens (primary N) is 2. The zero-order valence-electron chi connectivity index (χ0n) is 15.8. The van der Waals surface area contributed by atoms with E-state index < -0.39 is 5.09 Å². The van der Waals surface area contributed by atoms with Crippen LogP contribution >= 0.6 is 0 Å². The maximum absolute atomic E-state index is 8.36. The summed E-state index contributed by atoms with van der Waals surface area (Å²) in [5.74, 6) is 1.68. The van der Waals surface area contributed by atoms with Gasteiger partial charge in [0.1, 0.15) is 23.2 Å². The van der Waals surface area contributed by atoms with Crippen molar-refractivity contribution in [3.05, 3.63) is 69.8 Å². The number of rotatable bonds is 10. The Balaban J connectivity index is 0.000000960. The van der Waals surface area contributed by atoms with Crippen LogP contribution in [-0.2, 0) is 0 Å². The second kappa shape index (κ2) is 12.5. The molecule has 0 heterocycles. The molecule has 0 unspecified atom stereocenters. The summed E-state index contributed by atoms with van der Waals surface area (Å²) in [6, 6.07) is 14.4. The first-order valence-electron chi connectivity index (χ1n) is 8.77. The molecule has 10 heteroatoms. The summed E-state index contributed by atoms with van der Waals surface area (Å²) >= 11 is 0. The molecule has 29 heavy (non-hydrogen) atoms. The van der Waals surface area contributed by atoms with Crippen LogP contribution in [0.4, 0.5) is 0 Å². The Morgan fingerprint density at radius 3 is 1.41 bits per heavy atom. The largest absolute Gasteiger partial charge is 0.494 e. The second-order valence-electron chi connectivity index (χ2n) is 5.87. The van der Waals surface area contributed by atoms with Crippen LogP contribution in [-0.4, -0.2) is 35.2 Å². The van der Waals surface area contributed by atoms with E-state index in [0.717, 1.165) is 30.8 Å². The lowest BCUT2D eigenvalue weighted by molar-refractivity contribution is -0.742. The number of amidine groups is 2. The van der Waals surface area contributed by atoms with Crippen molar-refractivity contribution in [3.8, 4) is 11.5 Å². The molecule has 2 aromatic rings.